The van der Waals surface area contributed by atoms with E-state index < -0.39 is 0 Å². The zero-order valence-corrected chi connectivity index (χ0v) is 16.7. The van der Waals surface area contributed by atoms with Crippen molar-refractivity contribution in [2.24, 2.45) is 0 Å². The van der Waals surface area contributed by atoms with Gasteiger partial charge in [0, 0.05) is 6.54 Å². The third-order valence-electron chi connectivity index (χ3n) is 4.65. The van der Waals surface area contributed by atoms with E-state index in [4.69, 9.17) is 23.2 Å². The molecular formula is C22H17Cl2N3O. The minimum atomic E-state index is -0.142. The number of hydrogen-bond donors (Lipinski definition) is 0. The van der Waals surface area contributed by atoms with Crippen LogP contribution in [0.5, 0.6) is 0 Å². The summed E-state index contributed by atoms with van der Waals surface area (Å²) in [4.78, 5) is 13.1. The maximum absolute atomic E-state index is 13.1. The van der Waals surface area contributed by atoms with Crippen LogP contribution in [0.25, 0.3) is 22.8 Å². The van der Waals surface area contributed by atoms with Gasteiger partial charge >= 0.3 is 0 Å². The topological polar surface area (TPSA) is 39.3 Å². The van der Waals surface area contributed by atoms with Gasteiger partial charge in [0.1, 0.15) is 5.65 Å². The van der Waals surface area contributed by atoms with Crippen LogP contribution in [0, 0.1) is 6.92 Å². The van der Waals surface area contributed by atoms with Crippen molar-refractivity contribution in [2.75, 3.05) is 0 Å². The molecule has 28 heavy (non-hydrogen) atoms. The van der Waals surface area contributed by atoms with Crippen molar-refractivity contribution in [3.63, 3.8) is 0 Å². The number of rotatable bonds is 5. The quantitative estimate of drug-likeness (QED) is 0.230. The zero-order valence-electron chi connectivity index (χ0n) is 15.2. The summed E-state index contributed by atoms with van der Waals surface area (Å²) in [6, 6.07) is 13.2. The zero-order chi connectivity index (χ0) is 19.8. The molecule has 6 heteroatoms. The third kappa shape index (κ3) is 2.95. The number of carbonyl (C=O) groups excluding carboxylic acids is 1. The molecule has 4 nitrogen and oxygen atoms in total. The Morgan fingerprint density at radius 1 is 1.14 bits per heavy atom. The largest absolute Gasteiger partial charge is 0.320 e. The number of carbonyl (C=O) groups is 1. The molecule has 0 unspecified atom stereocenters. The predicted molar refractivity (Wildman–Crippen MR) is 115 cm³/mol. The Balaban J connectivity index is 1.87. The third-order valence-corrected chi connectivity index (χ3v) is 5.48. The molecule has 0 N–H and O–H groups in total. The van der Waals surface area contributed by atoms with Crippen LogP contribution < -0.4 is 0 Å². The number of fused-ring (bicyclic) bond motifs is 3. The van der Waals surface area contributed by atoms with Crippen LogP contribution >= 0.6 is 23.2 Å². The first-order chi connectivity index (χ1) is 13.5. The minimum Gasteiger partial charge on any atom is -0.320 e. The summed E-state index contributed by atoms with van der Waals surface area (Å²) in [5.74, 6) is -0.142. The second-order valence-electron chi connectivity index (χ2n) is 6.42. The second kappa shape index (κ2) is 7.30. The van der Waals surface area contributed by atoms with Gasteiger partial charge in [-0.25, -0.2) is 4.52 Å². The maximum Gasteiger partial charge on any atom is 0.191 e. The van der Waals surface area contributed by atoms with Gasteiger partial charge in [0.05, 0.1) is 32.3 Å². The van der Waals surface area contributed by atoms with Gasteiger partial charge in [-0.05, 0) is 42.8 Å². The van der Waals surface area contributed by atoms with Gasteiger partial charge in [0.15, 0.2) is 5.78 Å². The van der Waals surface area contributed by atoms with E-state index in [0.717, 1.165) is 16.7 Å². The van der Waals surface area contributed by atoms with Crippen molar-refractivity contribution in [2.45, 2.75) is 13.5 Å². The molecular weight excluding hydrogens is 393 g/mol. The lowest BCUT2D eigenvalue weighted by atomic mass is 10.1. The Morgan fingerprint density at radius 2 is 1.89 bits per heavy atom. The number of imidazole rings is 1. The summed E-state index contributed by atoms with van der Waals surface area (Å²) in [6.45, 7) is 6.26. The molecule has 2 aromatic carbocycles. The highest BCUT2D eigenvalue weighted by Crippen LogP contribution is 2.28. The Hall–Kier alpha value is -2.82. The molecule has 2 aromatic heterocycles. The second-order valence-corrected chi connectivity index (χ2v) is 7.21. The normalized spacial score (nSPS) is 11.7. The number of ketones is 1. The predicted octanol–water partition coefficient (Wildman–Crippen LogP) is 5.99. The fourth-order valence-corrected chi connectivity index (χ4v) is 3.79. The van der Waals surface area contributed by atoms with Gasteiger partial charge in [-0.15, -0.1) is 6.58 Å². The van der Waals surface area contributed by atoms with E-state index >= 15 is 0 Å². The standard InChI is InChI=1S/C22H17Cl2N3O/c1-3-13-26-17-9-4-5-10-18(17)27-22(26)20(14(2)25-27)19(28)12-11-15-7-6-8-16(23)21(15)24/h3-12H,1,13H2,2H3/b12-11+. The van der Waals surface area contributed by atoms with Crippen LogP contribution in [0.4, 0.5) is 0 Å². The number of hydrogen-bond acceptors (Lipinski definition) is 2. The SMILES string of the molecule is C=CCn1c2ccccc2n2nc(C)c(C(=O)/C=C/c3cccc(Cl)c3Cl)c12. The lowest BCUT2D eigenvalue weighted by Crippen LogP contribution is -2.02. The average Bonchev–Trinajstić information content (AvgIpc) is 3.17. The van der Waals surface area contributed by atoms with Crippen LogP contribution in [0.15, 0.2) is 61.2 Å². The summed E-state index contributed by atoms with van der Waals surface area (Å²) in [5.41, 5.74) is 4.63. The molecule has 4 aromatic rings. The first-order valence-corrected chi connectivity index (χ1v) is 9.52. The first-order valence-electron chi connectivity index (χ1n) is 8.76. The van der Waals surface area contributed by atoms with Gasteiger partial charge in [-0.1, -0.05) is 53.5 Å². The molecule has 0 amide bonds. The van der Waals surface area contributed by atoms with Crippen molar-refractivity contribution in [3.8, 4) is 0 Å². The van der Waals surface area contributed by atoms with Crippen LogP contribution in [-0.2, 0) is 6.54 Å². The number of allylic oxidation sites excluding steroid dienone is 2. The molecule has 2 heterocycles. The van der Waals surface area contributed by atoms with Crippen molar-refractivity contribution in [3.05, 3.63) is 88.1 Å². The van der Waals surface area contributed by atoms with Crippen molar-refractivity contribution in [1.29, 1.82) is 0 Å². The van der Waals surface area contributed by atoms with Crippen molar-refractivity contribution < 1.29 is 4.79 Å². The number of aromatic nitrogens is 3. The van der Waals surface area contributed by atoms with E-state index in [1.165, 1.54) is 6.08 Å². The minimum absolute atomic E-state index is 0.142. The average molecular weight is 410 g/mol. The van der Waals surface area contributed by atoms with E-state index in [2.05, 4.69) is 16.2 Å². The van der Waals surface area contributed by atoms with E-state index in [0.29, 0.717) is 33.4 Å². The van der Waals surface area contributed by atoms with E-state index in [1.807, 2.05) is 47.8 Å². The highest BCUT2D eigenvalue weighted by molar-refractivity contribution is 6.43. The van der Waals surface area contributed by atoms with Crippen molar-refractivity contribution >= 4 is 51.7 Å². The molecule has 4 rings (SSSR count). The van der Waals surface area contributed by atoms with Gasteiger partial charge in [-0.3, -0.25) is 4.79 Å². The van der Waals surface area contributed by atoms with Crippen LogP contribution in [0.1, 0.15) is 21.6 Å². The number of aryl methyl sites for hydroxylation is 1. The van der Waals surface area contributed by atoms with Gasteiger partial charge < -0.3 is 4.57 Å². The Bertz CT molecular complexity index is 1260. The molecule has 140 valence electrons. The number of para-hydroxylation sites is 2. The van der Waals surface area contributed by atoms with Crippen molar-refractivity contribution in [1.82, 2.24) is 14.2 Å². The summed E-state index contributed by atoms with van der Waals surface area (Å²) in [6.07, 6.45) is 5.00. The highest BCUT2D eigenvalue weighted by atomic mass is 35.5. The fraction of sp³-hybridized carbons (Fsp3) is 0.0909. The smallest absolute Gasteiger partial charge is 0.191 e. The molecule has 0 saturated carbocycles. The Kier molecular flexibility index (Phi) is 4.84. The lowest BCUT2D eigenvalue weighted by molar-refractivity contribution is 0.104. The molecule has 0 bridgehead atoms. The first kappa shape index (κ1) is 18.5. The molecule has 0 aliphatic heterocycles. The molecule has 0 spiro atoms. The molecule has 0 aliphatic carbocycles. The molecule has 0 fully saturated rings. The van der Waals surface area contributed by atoms with E-state index in [-0.39, 0.29) is 5.78 Å². The van der Waals surface area contributed by atoms with Gasteiger partial charge in [0.2, 0.25) is 0 Å². The van der Waals surface area contributed by atoms with E-state index in [1.54, 1.807) is 18.2 Å². The molecule has 0 aliphatic rings. The summed E-state index contributed by atoms with van der Waals surface area (Å²) >= 11 is 12.3. The molecule has 0 atom stereocenters. The monoisotopic (exact) mass is 409 g/mol. The summed E-state index contributed by atoms with van der Waals surface area (Å²) < 4.78 is 3.87. The number of halogens is 2. The molecule has 0 saturated heterocycles. The van der Waals surface area contributed by atoms with Gasteiger partial charge in [0.25, 0.3) is 0 Å². The number of nitrogens with zero attached hydrogens (tertiary/aromatic N) is 3. The van der Waals surface area contributed by atoms with Crippen LogP contribution in [-0.4, -0.2) is 20.0 Å². The van der Waals surface area contributed by atoms with E-state index in [9.17, 15) is 4.79 Å². The van der Waals surface area contributed by atoms with Crippen LogP contribution in [0.2, 0.25) is 10.0 Å². The van der Waals surface area contributed by atoms with Gasteiger partial charge in [-0.2, -0.15) is 5.10 Å². The lowest BCUT2D eigenvalue weighted by Gasteiger charge is -2.04. The summed E-state index contributed by atoms with van der Waals surface area (Å²) in [5, 5.41) is 5.48. The fourth-order valence-electron chi connectivity index (χ4n) is 3.42. The maximum atomic E-state index is 13.1. The molecule has 0 radical (unpaired) electrons. The Labute approximate surface area is 172 Å². The Morgan fingerprint density at radius 3 is 2.64 bits per heavy atom. The number of benzene rings is 2. The summed E-state index contributed by atoms with van der Waals surface area (Å²) in [7, 11) is 0. The highest BCUT2D eigenvalue weighted by Gasteiger charge is 2.21. The van der Waals surface area contributed by atoms with Crippen LogP contribution in [0.3, 0.4) is 0 Å².